The van der Waals surface area contributed by atoms with E-state index >= 15 is 0 Å². The molecule has 5 aromatic rings. The molecule has 2 aromatic carbocycles. The molecule has 33 heavy (non-hydrogen) atoms. The Kier molecular flexibility index (Phi) is 4.75. The number of oxazole rings is 1. The molecule has 5 rings (SSSR count). The highest BCUT2D eigenvalue weighted by molar-refractivity contribution is 7.92. The summed E-state index contributed by atoms with van der Waals surface area (Å²) < 4.78 is 42.5. The zero-order valence-electron chi connectivity index (χ0n) is 18.1. The fourth-order valence-electron chi connectivity index (χ4n) is 3.72. The average Bonchev–Trinajstić information content (AvgIpc) is 3.35. The molecular weight excluding hydrogens is 444 g/mol. The zero-order valence-corrected chi connectivity index (χ0v) is 18.9. The van der Waals surface area contributed by atoms with Gasteiger partial charge in [0.05, 0.1) is 28.9 Å². The molecule has 168 valence electrons. The van der Waals surface area contributed by atoms with Gasteiger partial charge in [-0.05, 0) is 55.0 Å². The van der Waals surface area contributed by atoms with Gasteiger partial charge in [0.15, 0.2) is 5.58 Å². The zero-order chi connectivity index (χ0) is 23.3. The summed E-state index contributed by atoms with van der Waals surface area (Å²) >= 11 is 0. The average molecular weight is 465 g/mol. The first-order chi connectivity index (χ1) is 15.8. The van der Waals surface area contributed by atoms with Crippen LogP contribution in [-0.2, 0) is 17.1 Å². The van der Waals surface area contributed by atoms with Gasteiger partial charge in [0.1, 0.15) is 11.4 Å². The lowest BCUT2D eigenvalue weighted by atomic mass is 10.1. The monoisotopic (exact) mass is 464 g/mol. The number of aromatic nitrogens is 3. The van der Waals surface area contributed by atoms with Crippen LogP contribution in [0.15, 0.2) is 75.0 Å². The number of rotatable bonds is 5. The van der Waals surface area contributed by atoms with E-state index < -0.39 is 15.8 Å². The van der Waals surface area contributed by atoms with Gasteiger partial charge >= 0.3 is 5.76 Å². The lowest BCUT2D eigenvalue weighted by Crippen LogP contribution is -2.14. The van der Waals surface area contributed by atoms with Crippen molar-refractivity contribution in [1.29, 1.82) is 0 Å². The topological polar surface area (TPSA) is 108 Å². The van der Waals surface area contributed by atoms with Crippen LogP contribution in [0, 0.1) is 6.92 Å². The van der Waals surface area contributed by atoms with Crippen molar-refractivity contribution in [2.45, 2.75) is 11.8 Å². The van der Waals surface area contributed by atoms with Crippen LogP contribution in [0.25, 0.3) is 28.0 Å². The number of benzene rings is 2. The highest BCUT2D eigenvalue weighted by Crippen LogP contribution is 2.32. The number of nitrogens with one attached hydrogen (secondary N) is 1. The van der Waals surface area contributed by atoms with E-state index in [1.54, 1.807) is 12.1 Å². The smallest absolute Gasteiger partial charge is 0.419 e. The van der Waals surface area contributed by atoms with Crippen molar-refractivity contribution in [3.05, 3.63) is 77.0 Å². The van der Waals surface area contributed by atoms with E-state index in [-0.39, 0.29) is 10.6 Å². The molecule has 0 saturated carbocycles. The van der Waals surface area contributed by atoms with Crippen molar-refractivity contribution in [3.8, 4) is 17.0 Å². The summed E-state index contributed by atoms with van der Waals surface area (Å²) in [4.78, 5) is 16.4. The summed E-state index contributed by atoms with van der Waals surface area (Å²) in [6.07, 6.45) is 3.79. The quantitative estimate of drug-likeness (QED) is 0.426. The third-order valence-electron chi connectivity index (χ3n) is 5.49. The Morgan fingerprint density at radius 2 is 1.94 bits per heavy atom. The number of anilines is 1. The SMILES string of the molecule is COc1ccc(-c2cn3cccc(C)c3n2)cc1NS(=O)(=O)c1ccc2oc(=O)n(C)c2c1. The Bertz CT molecular complexity index is 1700. The normalized spacial score (nSPS) is 11.8. The van der Waals surface area contributed by atoms with Crippen molar-refractivity contribution in [2.75, 3.05) is 11.8 Å². The Balaban J connectivity index is 1.56. The number of sulfonamides is 1. The molecule has 0 saturated heterocycles. The van der Waals surface area contributed by atoms with Crippen LogP contribution >= 0.6 is 0 Å². The predicted octanol–water partition coefficient (Wildman–Crippen LogP) is 3.56. The number of nitrogens with zero attached hydrogens (tertiary/aromatic N) is 3. The Hall–Kier alpha value is -4.05. The Morgan fingerprint density at radius 1 is 1.12 bits per heavy atom. The third kappa shape index (κ3) is 3.54. The molecule has 0 aliphatic rings. The maximum atomic E-state index is 13.2. The highest BCUT2D eigenvalue weighted by Gasteiger charge is 2.20. The number of ether oxygens (including phenoxy) is 1. The number of aryl methyl sites for hydroxylation is 2. The maximum absolute atomic E-state index is 13.2. The van der Waals surface area contributed by atoms with Crippen molar-refractivity contribution in [3.63, 3.8) is 0 Å². The first-order valence-corrected chi connectivity index (χ1v) is 11.5. The van der Waals surface area contributed by atoms with E-state index in [0.717, 1.165) is 16.8 Å². The van der Waals surface area contributed by atoms with E-state index in [1.165, 1.54) is 36.9 Å². The number of hydrogen-bond acceptors (Lipinski definition) is 6. The minimum atomic E-state index is -3.99. The molecule has 0 radical (unpaired) electrons. The van der Waals surface area contributed by atoms with Gasteiger partial charge in [-0.2, -0.15) is 0 Å². The van der Waals surface area contributed by atoms with Crippen LogP contribution < -0.4 is 15.2 Å². The van der Waals surface area contributed by atoms with Crippen molar-refractivity contribution in [1.82, 2.24) is 14.0 Å². The maximum Gasteiger partial charge on any atom is 0.419 e. The molecule has 0 aliphatic heterocycles. The lowest BCUT2D eigenvalue weighted by Gasteiger charge is -2.13. The van der Waals surface area contributed by atoms with Crippen molar-refractivity contribution >= 4 is 32.5 Å². The number of imidazole rings is 1. The van der Waals surface area contributed by atoms with Gasteiger partial charge in [-0.15, -0.1) is 0 Å². The second-order valence-corrected chi connectivity index (χ2v) is 9.31. The summed E-state index contributed by atoms with van der Waals surface area (Å²) in [6, 6.07) is 13.3. The van der Waals surface area contributed by atoms with Gasteiger partial charge in [-0.25, -0.2) is 18.2 Å². The fourth-order valence-corrected chi connectivity index (χ4v) is 4.80. The Labute approximate surface area is 188 Å². The summed E-state index contributed by atoms with van der Waals surface area (Å²) in [5.74, 6) is -0.205. The van der Waals surface area contributed by atoms with Gasteiger partial charge in [0.25, 0.3) is 10.0 Å². The van der Waals surface area contributed by atoms with Gasteiger partial charge in [-0.3, -0.25) is 9.29 Å². The van der Waals surface area contributed by atoms with Crippen molar-refractivity contribution in [2.24, 2.45) is 7.05 Å². The molecule has 3 heterocycles. The van der Waals surface area contributed by atoms with E-state index in [9.17, 15) is 13.2 Å². The molecule has 10 heteroatoms. The van der Waals surface area contributed by atoms with Crippen molar-refractivity contribution < 1.29 is 17.6 Å². The summed E-state index contributed by atoms with van der Waals surface area (Å²) in [5, 5.41) is 0. The first-order valence-electron chi connectivity index (χ1n) is 10.0. The molecule has 0 unspecified atom stereocenters. The van der Waals surface area contributed by atoms with E-state index in [0.29, 0.717) is 22.5 Å². The molecule has 0 amide bonds. The second kappa shape index (κ2) is 7.52. The molecule has 0 atom stereocenters. The molecule has 0 spiro atoms. The minimum absolute atomic E-state index is 0.0118. The molecule has 1 N–H and O–H groups in total. The number of methoxy groups -OCH3 is 1. The third-order valence-corrected chi connectivity index (χ3v) is 6.85. The van der Waals surface area contributed by atoms with E-state index in [4.69, 9.17) is 9.15 Å². The fraction of sp³-hybridized carbons (Fsp3) is 0.130. The van der Waals surface area contributed by atoms with Crippen LogP contribution in [-0.4, -0.2) is 29.5 Å². The Morgan fingerprint density at radius 3 is 2.70 bits per heavy atom. The molecule has 3 aromatic heterocycles. The van der Waals surface area contributed by atoms with Gasteiger partial charge < -0.3 is 13.6 Å². The van der Waals surface area contributed by atoms with Crippen LogP contribution in [0.3, 0.4) is 0 Å². The van der Waals surface area contributed by atoms with E-state index in [2.05, 4.69) is 9.71 Å². The first kappa shape index (κ1) is 20.8. The molecular formula is C23H20N4O5S. The summed E-state index contributed by atoms with van der Waals surface area (Å²) in [7, 11) is -1.01. The van der Waals surface area contributed by atoms with Crippen LogP contribution in [0.2, 0.25) is 0 Å². The molecule has 9 nitrogen and oxygen atoms in total. The summed E-state index contributed by atoms with van der Waals surface area (Å²) in [6.45, 7) is 1.98. The van der Waals surface area contributed by atoms with Gasteiger partial charge in [-0.1, -0.05) is 6.07 Å². The molecule has 0 fully saturated rings. The predicted molar refractivity (Wildman–Crippen MR) is 124 cm³/mol. The second-order valence-electron chi connectivity index (χ2n) is 7.63. The van der Waals surface area contributed by atoms with Gasteiger partial charge in [0, 0.05) is 25.0 Å². The lowest BCUT2D eigenvalue weighted by molar-refractivity contribution is 0.417. The molecule has 0 bridgehead atoms. The minimum Gasteiger partial charge on any atom is -0.495 e. The summed E-state index contributed by atoms with van der Waals surface area (Å²) in [5.41, 5.74) is 4.23. The van der Waals surface area contributed by atoms with Gasteiger partial charge in [0.2, 0.25) is 0 Å². The van der Waals surface area contributed by atoms with E-state index in [1.807, 2.05) is 41.9 Å². The van der Waals surface area contributed by atoms with Crippen LogP contribution in [0.4, 0.5) is 5.69 Å². The largest absolute Gasteiger partial charge is 0.495 e. The number of fused-ring (bicyclic) bond motifs is 2. The highest BCUT2D eigenvalue weighted by atomic mass is 32.2. The van der Waals surface area contributed by atoms with Crippen LogP contribution in [0.5, 0.6) is 5.75 Å². The standard InChI is InChI=1S/C23H20N4O5S/c1-14-5-4-10-27-13-18(24-22(14)27)15-6-8-20(31-3)17(11-15)25-33(29,30)16-7-9-21-19(12-16)26(2)23(28)32-21/h4-13,25H,1-3H3. The van der Waals surface area contributed by atoms with Crippen LogP contribution in [0.1, 0.15) is 5.56 Å². The molecule has 0 aliphatic carbocycles. The number of hydrogen-bond donors (Lipinski definition) is 1. The number of pyridine rings is 1.